The van der Waals surface area contributed by atoms with Crippen LogP contribution in [0.3, 0.4) is 0 Å². The van der Waals surface area contributed by atoms with Crippen molar-refractivity contribution in [3.8, 4) is 0 Å². The molecule has 0 aromatic heterocycles. The lowest BCUT2D eigenvalue weighted by atomic mass is 10.0. The molecular weight excluding hydrogens is 214 g/mol. The third-order valence-corrected chi connectivity index (χ3v) is 3.15. The Morgan fingerprint density at radius 1 is 1.47 bits per heavy atom. The molecule has 0 spiro atoms. The van der Waals surface area contributed by atoms with Gasteiger partial charge in [-0.1, -0.05) is 29.8 Å². The van der Waals surface area contributed by atoms with Crippen LogP contribution in [0.5, 0.6) is 0 Å². The SMILES string of the molecule is Cc1cccc([C@@H]2NS(=O)(=O)N=C2N)c1. The molecule has 80 valence electrons. The van der Waals surface area contributed by atoms with E-state index in [2.05, 4.69) is 9.12 Å². The summed E-state index contributed by atoms with van der Waals surface area (Å²) in [6.07, 6.45) is 0. The van der Waals surface area contributed by atoms with Gasteiger partial charge in [-0.25, -0.2) is 0 Å². The van der Waals surface area contributed by atoms with E-state index >= 15 is 0 Å². The second kappa shape index (κ2) is 3.32. The summed E-state index contributed by atoms with van der Waals surface area (Å²) in [5, 5.41) is 0. The van der Waals surface area contributed by atoms with Gasteiger partial charge in [-0.2, -0.15) is 13.1 Å². The second-order valence-corrected chi connectivity index (χ2v) is 4.82. The van der Waals surface area contributed by atoms with Crippen LogP contribution in [0.2, 0.25) is 0 Å². The van der Waals surface area contributed by atoms with Crippen molar-refractivity contribution in [1.82, 2.24) is 4.72 Å². The van der Waals surface area contributed by atoms with E-state index in [1.54, 1.807) is 0 Å². The van der Waals surface area contributed by atoms with Crippen molar-refractivity contribution in [2.45, 2.75) is 13.0 Å². The predicted octanol–water partition coefficient (Wildman–Crippen LogP) is 0.241. The fourth-order valence-electron chi connectivity index (χ4n) is 1.52. The molecule has 1 aliphatic rings. The van der Waals surface area contributed by atoms with Crippen molar-refractivity contribution < 1.29 is 8.42 Å². The number of nitrogens with zero attached hydrogens (tertiary/aromatic N) is 1. The van der Waals surface area contributed by atoms with Gasteiger partial charge in [0.05, 0.1) is 0 Å². The number of aryl methyl sites for hydroxylation is 1. The minimum Gasteiger partial charge on any atom is -0.385 e. The first-order valence-electron chi connectivity index (χ1n) is 4.42. The van der Waals surface area contributed by atoms with Crippen LogP contribution in [0.1, 0.15) is 17.2 Å². The number of nitrogens with two attached hydrogens (primary N) is 1. The molecule has 0 unspecified atom stereocenters. The Kier molecular flexibility index (Phi) is 2.24. The lowest BCUT2D eigenvalue weighted by Gasteiger charge is -2.09. The van der Waals surface area contributed by atoms with Crippen LogP contribution in [0.25, 0.3) is 0 Å². The Balaban J connectivity index is 2.40. The van der Waals surface area contributed by atoms with Gasteiger partial charge in [0.25, 0.3) is 0 Å². The Morgan fingerprint density at radius 3 is 2.73 bits per heavy atom. The zero-order valence-electron chi connectivity index (χ0n) is 8.14. The highest BCUT2D eigenvalue weighted by Crippen LogP contribution is 2.20. The van der Waals surface area contributed by atoms with Crippen molar-refractivity contribution in [2.75, 3.05) is 0 Å². The van der Waals surface area contributed by atoms with Crippen LogP contribution < -0.4 is 10.5 Å². The maximum absolute atomic E-state index is 11.1. The van der Waals surface area contributed by atoms with Gasteiger partial charge in [-0.3, -0.25) is 0 Å². The molecule has 0 saturated carbocycles. The fraction of sp³-hybridized carbons (Fsp3) is 0.222. The number of hydrogen-bond acceptors (Lipinski definition) is 3. The normalized spacial score (nSPS) is 23.8. The quantitative estimate of drug-likeness (QED) is 0.718. The Bertz CT molecular complexity index is 522. The van der Waals surface area contributed by atoms with Gasteiger partial charge in [0.2, 0.25) is 0 Å². The molecule has 0 saturated heterocycles. The average Bonchev–Trinajstić information content (AvgIpc) is 2.40. The van der Waals surface area contributed by atoms with Crippen LogP contribution in [-0.4, -0.2) is 14.3 Å². The third kappa shape index (κ3) is 2.00. The number of hydrogen-bond donors (Lipinski definition) is 2. The summed E-state index contributed by atoms with van der Waals surface area (Å²) in [5.41, 5.74) is 7.40. The monoisotopic (exact) mass is 225 g/mol. The molecule has 2 rings (SSSR count). The summed E-state index contributed by atoms with van der Waals surface area (Å²) in [4.78, 5) is 0. The minimum atomic E-state index is -3.59. The van der Waals surface area contributed by atoms with E-state index in [0.717, 1.165) is 11.1 Å². The van der Waals surface area contributed by atoms with Crippen molar-refractivity contribution in [3.05, 3.63) is 35.4 Å². The summed E-state index contributed by atoms with van der Waals surface area (Å²) >= 11 is 0. The summed E-state index contributed by atoms with van der Waals surface area (Å²) < 4.78 is 28.0. The smallest absolute Gasteiger partial charge is 0.322 e. The van der Waals surface area contributed by atoms with Gasteiger partial charge in [-0.15, -0.1) is 4.40 Å². The summed E-state index contributed by atoms with van der Waals surface area (Å²) in [6.45, 7) is 1.93. The van der Waals surface area contributed by atoms with Crippen molar-refractivity contribution in [1.29, 1.82) is 0 Å². The van der Waals surface area contributed by atoms with E-state index < -0.39 is 16.3 Å². The van der Waals surface area contributed by atoms with Gasteiger partial charge < -0.3 is 5.73 Å². The van der Waals surface area contributed by atoms with E-state index in [-0.39, 0.29) is 5.84 Å². The predicted molar refractivity (Wildman–Crippen MR) is 57.6 cm³/mol. The van der Waals surface area contributed by atoms with Gasteiger partial charge in [0.15, 0.2) is 0 Å². The van der Waals surface area contributed by atoms with E-state index in [4.69, 9.17) is 5.73 Å². The lowest BCUT2D eigenvalue weighted by Crippen LogP contribution is -2.28. The average molecular weight is 225 g/mol. The third-order valence-electron chi connectivity index (χ3n) is 2.16. The first-order chi connectivity index (χ1) is 6.98. The van der Waals surface area contributed by atoms with Gasteiger partial charge in [-0.05, 0) is 12.5 Å². The highest BCUT2D eigenvalue weighted by Gasteiger charge is 2.29. The minimum absolute atomic E-state index is 0.0839. The lowest BCUT2D eigenvalue weighted by molar-refractivity contribution is 0.585. The second-order valence-electron chi connectivity index (χ2n) is 3.46. The van der Waals surface area contributed by atoms with Crippen LogP contribution in [0, 0.1) is 6.92 Å². The van der Waals surface area contributed by atoms with Crippen molar-refractivity contribution >= 4 is 16.0 Å². The molecule has 3 N–H and O–H groups in total. The van der Waals surface area contributed by atoms with Gasteiger partial charge in [0, 0.05) is 0 Å². The van der Waals surface area contributed by atoms with Crippen molar-refractivity contribution in [2.24, 2.45) is 10.1 Å². The number of benzene rings is 1. The maximum atomic E-state index is 11.1. The Morgan fingerprint density at radius 2 is 2.20 bits per heavy atom. The van der Waals surface area contributed by atoms with E-state index in [9.17, 15) is 8.42 Å². The molecule has 5 nitrogen and oxygen atoms in total. The standard InChI is InChI=1S/C9H11N3O2S/c1-6-3-2-4-7(5-6)8-9(10)12-15(13,14)11-8/h2-5,8,11H,1H3,(H2,10,12)/t8-/m0/s1. The molecule has 1 heterocycles. The number of amidine groups is 1. The molecule has 15 heavy (non-hydrogen) atoms. The first kappa shape index (κ1) is 10.1. The van der Waals surface area contributed by atoms with Crippen LogP contribution in [0.15, 0.2) is 28.7 Å². The molecular formula is C9H11N3O2S. The molecule has 6 heteroatoms. The summed E-state index contributed by atoms with van der Waals surface area (Å²) in [7, 11) is -3.59. The molecule has 0 bridgehead atoms. The molecule has 1 atom stereocenters. The van der Waals surface area contributed by atoms with E-state index in [1.807, 2.05) is 31.2 Å². The molecule has 1 aliphatic heterocycles. The van der Waals surface area contributed by atoms with Crippen LogP contribution in [-0.2, 0) is 10.2 Å². The van der Waals surface area contributed by atoms with Crippen LogP contribution in [0.4, 0.5) is 0 Å². The molecule has 0 radical (unpaired) electrons. The molecule has 0 amide bonds. The Labute approximate surface area is 88.2 Å². The topological polar surface area (TPSA) is 84.5 Å². The van der Waals surface area contributed by atoms with Crippen LogP contribution >= 0.6 is 0 Å². The van der Waals surface area contributed by atoms with E-state index in [1.165, 1.54) is 0 Å². The maximum Gasteiger partial charge on any atom is 0.322 e. The van der Waals surface area contributed by atoms with Gasteiger partial charge in [0.1, 0.15) is 11.9 Å². The largest absolute Gasteiger partial charge is 0.385 e. The molecule has 1 aromatic rings. The Hall–Kier alpha value is -1.40. The summed E-state index contributed by atoms with van der Waals surface area (Å²) in [5.74, 6) is 0.0839. The number of rotatable bonds is 1. The zero-order valence-corrected chi connectivity index (χ0v) is 8.95. The zero-order chi connectivity index (χ0) is 11.1. The molecule has 0 aliphatic carbocycles. The highest BCUT2D eigenvalue weighted by molar-refractivity contribution is 7.88. The molecule has 1 aromatic carbocycles. The first-order valence-corrected chi connectivity index (χ1v) is 5.86. The van der Waals surface area contributed by atoms with Crippen molar-refractivity contribution in [3.63, 3.8) is 0 Å². The van der Waals surface area contributed by atoms with Gasteiger partial charge >= 0.3 is 10.2 Å². The molecule has 0 fully saturated rings. The number of nitrogens with one attached hydrogen (secondary N) is 1. The fourth-order valence-corrected chi connectivity index (χ4v) is 2.51. The highest BCUT2D eigenvalue weighted by atomic mass is 32.2. The van der Waals surface area contributed by atoms with E-state index in [0.29, 0.717) is 0 Å². The summed E-state index contributed by atoms with van der Waals surface area (Å²) in [6, 6.07) is 6.94.